The molecule has 0 rings (SSSR count). The number of carboxylic acid groups (broad SMARTS) is 1. The van der Waals surface area contributed by atoms with Crippen molar-refractivity contribution in [3.63, 3.8) is 0 Å². The van der Waals surface area contributed by atoms with Crippen LogP contribution < -0.4 is 22.1 Å². The molecule has 0 aromatic rings. The number of hydrogen-bond donors (Lipinski definition) is 6. The van der Waals surface area contributed by atoms with Crippen molar-refractivity contribution in [2.24, 2.45) is 17.4 Å². The van der Waals surface area contributed by atoms with Gasteiger partial charge in [-0.1, -0.05) is 13.8 Å². The number of hydrogen-bond acceptors (Lipinski definition) is 6. The van der Waals surface area contributed by atoms with Gasteiger partial charge in [-0.25, -0.2) is 4.79 Å². The number of rotatable bonds is 11. The van der Waals surface area contributed by atoms with E-state index >= 15 is 0 Å². The summed E-state index contributed by atoms with van der Waals surface area (Å²) >= 11 is 3.87. The smallest absolute Gasteiger partial charge is 0.327 e. The zero-order valence-corrected chi connectivity index (χ0v) is 14.7. The van der Waals surface area contributed by atoms with E-state index < -0.39 is 41.8 Å². The topological polar surface area (TPSA) is 165 Å². The van der Waals surface area contributed by atoms with Gasteiger partial charge >= 0.3 is 5.97 Å². The average molecular weight is 362 g/mol. The number of aliphatic carboxylic acids is 1. The fraction of sp³-hybridized carbons (Fsp3) is 0.714. The van der Waals surface area contributed by atoms with Crippen molar-refractivity contribution in [1.29, 1.82) is 0 Å². The summed E-state index contributed by atoms with van der Waals surface area (Å²) in [5.41, 5.74) is 10.7. The minimum atomic E-state index is -1.22. The Hall–Kier alpha value is -1.81. The normalized spacial score (nSPS) is 14.5. The van der Waals surface area contributed by atoms with Gasteiger partial charge in [0.15, 0.2) is 0 Å². The highest BCUT2D eigenvalue weighted by atomic mass is 32.1. The minimum Gasteiger partial charge on any atom is -0.480 e. The maximum absolute atomic E-state index is 12.2. The Morgan fingerprint density at radius 3 is 2.04 bits per heavy atom. The van der Waals surface area contributed by atoms with Gasteiger partial charge in [-0.2, -0.15) is 12.6 Å². The Morgan fingerprint density at radius 1 is 1.08 bits per heavy atom. The molecule has 3 atom stereocenters. The molecule has 0 saturated heterocycles. The van der Waals surface area contributed by atoms with Crippen LogP contribution in [0.25, 0.3) is 0 Å². The summed E-state index contributed by atoms with van der Waals surface area (Å²) in [5.74, 6) is -3.03. The number of amides is 3. The summed E-state index contributed by atoms with van der Waals surface area (Å²) in [4.78, 5) is 46.0. The summed E-state index contributed by atoms with van der Waals surface area (Å²) in [6.45, 7) is 3.71. The van der Waals surface area contributed by atoms with Gasteiger partial charge < -0.3 is 27.2 Å². The number of carbonyl (C=O) groups excluding carboxylic acids is 3. The summed E-state index contributed by atoms with van der Waals surface area (Å²) in [7, 11) is 0. The summed E-state index contributed by atoms with van der Waals surface area (Å²) in [6.07, 6.45) is 0.320. The Balaban J connectivity index is 4.86. The fourth-order valence-corrected chi connectivity index (χ4v) is 2.12. The molecule has 0 aromatic carbocycles. The third-order valence-corrected chi connectivity index (χ3v) is 3.54. The van der Waals surface area contributed by atoms with E-state index in [2.05, 4.69) is 23.3 Å². The van der Waals surface area contributed by atoms with E-state index in [4.69, 9.17) is 16.6 Å². The number of carbonyl (C=O) groups is 4. The molecule has 0 heterocycles. The van der Waals surface area contributed by atoms with E-state index in [1.54, 1.807) is 0 Å². The van der Waals surface area contributed by atoms with Crippen LogP contribution in [0.3, 0.4) is 0 Å². The molecule has 3 amide bonds. The van der Waals surface area contributed by atoms with Gasteiger partial charge in [-0.15, -0.1) is 0 Å². The summed E-state index contributed by atoms with van der Waals surface area (Å²) in [5, 5.41) is 13.8. The molecule has 0 aliphatic carbocycles. The lowest BCUT2D eigenvalue weighted by atomic mass is 10.0. The van der Waals surface area contributed by atoms with Crippen LogP contribution in [0.5, 0.6) is 0 Å². The van der Waals surface area contributed by atoms with E-state index in [0.717, 1.165) is 0 Å². The van der Waals surface area contributed by atoms with Crippen LogP contribution in [0.15, 0.2) is 0 Å². The van der Waals surface area contributed by atoms with Crippen molar-refractivity contribution >= 4 is 36.3 Å². The zero-order valence-electron chi connectivity index (χ0n) is 13.8. The number of carboxylic acids is 1. The second kappa shape index (κ2) is 10.9. The van der Waals surface area contributed by atoms with Crippen LogP contribution in [0, 0.1) is 5.92 Å². The summed E-state index contributed by atoms with van der Waals surface area (Å²) < 4.78 is 0. The maximum Gasteiger partial charge on any atom is 0.327 e. The van der Waals surface area contributed by atoms with Crippen molar-refractivity contribution in [2.45, 2.75) is 51.2 Å². The van der Waals surface area contributed by atoms with Crippen LogP contribution in [0.2, 0.25) is 0 Å². The molecule has 24 heavy (non-hydrogen) atoms. The molecule has 0 aliphatic rings. The molecule has 10 heteroatoms. The van der Waals surface area contributed by atoms with Crippen LogP contribution in [-0.2, 0) is 19.2 Å². The van der Waals surface area contributed by atoms with Gasteiger partial charge in [0, 0.05) is 12.2 Å². The van der Waals surface area contributed by atoms with E-state index in [1.807, 2.05) is 13.8 Å². The minimum absolute atomic E-state index is 0.0453. The van der Waals surface area contributed by atoms with Gasteiger partial charge in [0.05, 0.1) is 6.04 Å². The van der Waals surface area contributed by atoms with Crippen LogP contribution >= 0.6 is 12.6 Å². The highest BCUT2D eigenvalue weighted by Crippen LogP contribution is 2.07. The van der Waals surface area contributed by atoms with Crippen LogP contribution in [0.4, 0.5) is 0 Å². The fourth-order valence-electron chi connectivity index (χ4n) is 1.87. The molecular weight excluding hydrogens is 336 g/mol. The van der Waals surface area contributed by atoms with Crippen molar-refractivity contribution in [1.82, 2.24) is 10.6 Å². The highest BCUT2D eigenvalue weighted by molar-refractivity contribution is 7.80. The molecule has 138 valence electrons. The van der Waals surface area contributed by atoms with Crippen molar-refractivity contribution in [3.8, 4) is 0 Å². The van der Waals surface area contributed by atoms with Gasteiger partial charge in [0.2, 0.25) is 17.7 Å². The Kier molecular flexibility index (Phi) is 10.0. The molecule has 0 aliphatic heterocycles. The van der Waals surface area contributed by atoms with Crippen LogP contribution in [-0.4, -0.2) is 52.7 Å². The Bertz CT molecular complexity index is 472. The molecule has 0 spiro atoms. The van der Waals surface area contributed by atoms with Crippen molar-refractivity contribution in [2.75, 3.05) is 5.75 Å². The Labute approximate surface area is 146 Å². The maximum atomic E-state index is 12.2. The molecule has 0 fully saturated rings. The lowest BCUT2D eigenvalue weighted by Gasteiger charge is -2.23. The van der Waals surface area contributed by atoms with Gasteiger partial charge in [-0.05, 0) is 18.8 Å². The molecule has 3 unspecified atom stereocenters. The predicted octanol–water partition coefficient (Wildman–Crippen LogP) is -1.39. The molecule has 9 nitrogen and oxygen atoms in total. The molecule has 0 aromatic heterocycles. The first-order valence-electron chi connectivity index (χ1n) is 7.56. The lowest BCUT2D eigenvalue weighted by molar-refractivity contribution is -0.141. The first-order valence-corrected chi connectivity index (χ1v) is 8.20. The van der Waals surface area contributed by atoms with E-state index in [1.165, 1.54) is 0 Å². The third-order valence-electron chi connectivity index (χ3n) is 3.18. The van der Waals surface area contributed by atoms with Crippen molar-refractivity contribution < 1.29 is 24.3 Å². The predicted molar refractivity (Wildman–Crippen MR) is 91.2 cm³/mol. The molecular formula is C14H26N4O5S. The Morgan fingerprint density at radius 2 is 1.62 bits per heavy atom. The van der Waals surface area contributed by atoms with E-state index in [0.29, 0.717) is 6.42 Å². The second-order valence-corrected chi connectivity index (χ2v) is 6.25. The molecule has 7 N–H and O–H groups in total. The average Bonchev–Trinajstić information content (AvgIpc) is 2.48. The molecule has 0 radical (unpaired) electrons. The van der Waals surface area contributed by atoms with E-state index in [-0.39, 0.29) is 24.5 Å². The number of nitrogens with one attached hydrogen (secondary N) is 2. The van der Waals surface area contributed by atoms with Gasteiger partial charge in [0.1, 0.15) is 12.1 Å². The highest BCUT2D eigenvalue weighted by Gasteiger charge is 2.27. The van der Waals surface area contributed by atoms with Crippen molar-refractivity contribution in [3.05, 3.63) is 0 Å². The number of nitrogens with two attached hydrogens (primary N) is 2. The first-order chi connectivity index (χ1) is 11.1. The molecule has 0 saturated carbocycles. The summed E-state index contributed by atoms with van der Waals surface area (Å²) in [6, 6.07) is -3.07. The lowest BCUT2D eigenvalue weighted by Crippen LogP contribution is -2.55. The first kappa shape index (κ1) is 22.2. The second-order valence-electron chi connectivity index (χ2n) is 5.88. The monoisotopic (exact) mass is 362 g/mol. The third kappa shape index (κ3) is 8.73. The SMILES string of the molecule is CC(C)CC(NC(=O)C(N)CCC(N)=O)C(=O)NC(CS)C(=O)O. The molecule has 0 bridgehead atoms. The van der Waals surface area contributed by atoms with Crippen LogP contribution in [0.1, 0.15) is 33.1 Å². The van der Waals surface area contributed by atoms with E-state index in [9.17, 15) is 19.2 Å². The zero-order chi connectivity index (χ0) is 18.9. The standard InChI is InChI=1S/C14H26N4O5S/c1-7(2)5-9(13(21)18-10(6-24)14(22)23)17-12(20)8(15)3-4-11(16)19/h7-10,24H,3-6,15H2,1-2H3,(H2,16,19)(H,17,20)(H,18,21)(H,22,23). The number of primary amides is 1. The van der Waals surface area contributed by atoms with Gasteiger partial charge in [-0.3, -0.25) is 14.4 Å². The number of thiol groups is 1. The largest absolute Gasteiger partial charge is 0.480 e. The quantitative estimate of drug-likeness (QED) is 0.248. The van der Waals surface area contributed by atoms with Gasteiger partial charge in [0.25, 0.3) is 0 Å².